The van der Waals surface area contributed by atoms with Crippen molar-refractivity contribution in [3.63, 3.8) is 0 Å². The summed E-state index contributed by atoms with van der Waals surface area (Å²) in [6, 6.07) is 0. The van der Waals surface area contributed by atoms with E-state index in [-0.39, 0.29) is 34.5 Å². The molecule has 8 aliphatic rings. The molecule has 23 atom stereocenters. The predicted octanol–water partition coefficient (Wildman–Crippen LogP) is -0.157. The highest BCUT2D eigenvalue weighted by Gasteiger charge is 2.72. The van der Waals surface area contributed by atoms with Crippen LogP contribution in [0.3, 0.4) is 0 Å². The zero-order valence-electron chi connectivity index (χ0n) is 39.0. The Labute approximate surface area is 385 Å². The summed E-state index contributed by atoms with van der Waals surface area (Å²) in [6.45, 7) is 14.3. The van der Waals surface area contributed by atoms with E-state index in [1.165, 1.54) is 0 Å². The molecule has 3 saturated heterocycles. The topological polar surface area (TPSA) is 312 Å². The van der Waals surface area contributed by atoms with Gasteiger partial charge in [0.05, 0.1) is 25.4 Å². The number of fused-ring (bicyclic) bond motifs is 7. The molecule has 376 valence electrons. The Hall–Kier alpha value is -1.92. The summed E-state index contributed by atoms with van der Waals surface area (Å²) in [5, 5.41) is 117. The summed E-state index contributed by atoms with van der Waals surface area (Å²) in [4.78, 5) is 27.2. The Morgan fingerprint density at radius 3 is 2.05 bits per heavy atom. The number of aliphatic hydroxyl groups excluding tert-OH is 10. The van der Waals surface area contributed by atoms with Crippen LogP contribution in [-0.4, -0.2) is 180 Å². The number of carboxylic acid groups (broad SMARTS) is 1. The van der Waals surface area contributed by atoms with E-state index in [0.29, 0.717) is 38.5 Å². The van der Waals surface area contributed by atoms with Crippen LogP contribution < -0.4 is 0 Å². The van der Waals surface area contributed by atoms with Crippen molar-refractivity contribution in [2.45, 2.75) is 204 Å². The molecule has 0 radical (unpaired) electrons. The van der Waals surface area contributed by atoms with E-state index in [0.717, 1.165) is 18.4 Å². The zero-order valence-corrected chi connectivity index (χ0v) is 39.0. The number of hydrogen-bond donors (Lipinski definition) is 11. The van der Waals surface area contributed by atoms with Gasteiger partial charge >= 0.3 is 11.9 Å². The maximum absolute atomic E-state index is 14.7. The minimum absolute atomic E-state index is 0.0684. The maximum Gasteiger partial charge on any atom is 0.335 e. The number of ether oxygens (including phenoxy) is 6. The first-order valence-corrected chi connectivity index (χ1v) is 23.8. The fraction of sp³-hybridized carbons (Fsp3) is 0.915. The predicted molar refractivity (Wildman–Crippen MR) is 226 cm³/mol. The Morgan fingerprint density at radius 2 is 1.38 bits per heavy atom. The molecule has 5 aliphatic carbocycles. The Morgan fingerprint density at radius 1 is 0.712 bits per heavy atom. The third kappa shape index (κ3) is 7.64. The van der Waals surface area contributed by atoms with Gasteiger partial charge in [0.15, 0.2) is 18.7 Å². The minimum atomic E-state index is -1.87. The molecule has 4 saturated carbocycles. The second-order valence-corrected chi connectivity index (χ2v) is 23.2. The smallest absolute Gasteiger partial charge is 0.335 e. The van der Waals surface area contributed by atoms with E-state index in [4.69, 9.17) is 28.4 Å². The second-order valence-electron chi connectivity index (χ2n) is 23.2. The SMILES string of the molecule is CC1(C)CCC2(C(=O)OC3OC(CO)C(O)C(O)C3O)C(O)CC3(C)C(=CCC4C5(C)CCC(OC6OC(C(=O)O)C(OC7OCC(O)C(O)C7O)C(O)C6O)C(C)(C)C5CCC43C)C2C1. The molecule has 3 aliphatic heterocycles. The van der Waals surface area contributed by atoms with Crippen LogP contribution in [0.15, 0.2) is 11.6 Å². The van der Waals surface area contributed by atoms with Crippen LogP contribution >= 0.6 is 0 Å². The molecule has 0 aromatic heterocycles. The van der Waals surface area contributed by atoms with Crippen molar-refractivity contribution in [3.05, 3.63) is 11.6 Å². The van der Waals surface area contributed by atoms with Gasteiger partial charge in [-0.15, -0.1) is 0 Å². The van der Waals surface area contributed by atoms with Gasteiger partial charge in [0.2, 0.25) is 6.29 Å². The summed E-state index contributed by atoms with van der Waals surface area (Å²) < 4.78 is 34.7. The van der Waals surface area contributed by atoms with E-state index in [9.17, 15) is 65.8 Å². The minimum Gasteiger partial charge on any atom is -0.479 e. The van der Waals surface area contributed by atoms with Gasteiger partial charge in [0.1, 0.15) is 66.5 Å². The maximum atomic E-state index is 14.7. The normalized spacial score (nSPS) is 53.2. The van der Waals surface area contributed by atoms with Gasteiger partial charge in [-0.05, 0) is 103 Å². The molecule has 8 rings (SSSR count). The first-order chi connectivity index (χ1) is 30.7. The van der Waals surface area contributed by atoms with Crippen molar-refractivity contribution in [3.8, 4) is 0 Å². The largest absolute Gasteiger partial charge is 0.479 e. The fourth-order valence-corrected chi connectivity index (χ4v) is 14.8. The molecule has 0 amide bonds. The highest BCUT2D eigenvalue weighted by molar-refractivity contribution is 5.80. The van der Waals surface area contributed by atoms with Crippen molar-refractivity contribution < 1.29 is 94.2 Å². The lowest BCUT2D eigenvalue weighted by Gasteiger charge is -2.71. The number of rotatable bonds is 8. The third-order valence-corrected chi connectivity index (χ3v) is 18.9. The van der Waals surface area contributed by atoms with E-state index < -0.39 is 146 Å². The molecular weight excluding hydrogens is 868 g/mol. The van der Waals surface area contributed by atoms with Crippen LogP contribution in [0.5, 0.6) is 0 Å². The molecule has 7 fully saturated rings. The van der Waals surface area contributed by atoms with Gasteiger partial charge in [-0.3, -0.25) is 4.79 Å². The Balaban J connectivity index is 1.03. The van der Waals surface area contributed by atoms with Gasteiger partial charge < -0.3 is 84.6 Å². The number of carbonyl (C=O) groups excluding carboxylic acids is 1. The lowest BCUT2D eigenvalue weighted by atomic mass is 9.33. The number of allylic oxidation sites excluding steroid dienone is 2. The number of hydrogen-bond acceptors (Lipinski definition) is 18. The highest BCUT2D eigenvalue weighted by atomic mass is 16.7. The van der Waals surface area contributed by atoms with Crippen LogP contribution in [0.1, 0.15) is 106 Å². The molecule has 11 N–H and O–H groups in total. The van der Waals surface area contributed by atoms with Crippen LogP contribution in [-0.2, 0) is 38.0 Å². The summed E-state index contributed by atoms with van der Waals surface area (Å²) in [7, 11) is 0. The molecular formula is C47H74O19. The Kier molecular flexibility index (Phi) is 13.3. The van der Waals surface area contributed by atoms with E-state index in [2.05, 4.69) is 54.5 Å². The number of carboxylic acids is 1. The van der Waals surface area contributed by atoms with Crippen LogP contribution in [0.4, 0.5) is 0 Å². The van der Waals surface area contributed by atoms with E-state index in [1.54, 1.807) is 0 Å². The zero-order chi connectivity index (χ0) is 48.4. The second kappa shape index (κ2) is 17.4. The molecule has 0 bridgehead atoms. The first kappa shape index (κ1) is 50.5. The van der Waals surface area contributed by atoms with Gasteiger partial charge in [-0.25, -0.2) is 4.79 Å². The number of aliphatic hydroxyl groups is 10. The van der Waals surface area contributed by atoms with Crippen LogP contribution in [0.25, 0.3) is 0 Å². The van der Waals surface area contributed by atoms with E-state index >= 15 is 0 Å². The number of esters is 1. The molecule has 0 spiro atoms. The van der Waals surface area contributed by atoms with Gasteiger partial charge in [0, 0.05) is 0 Å². The third-order valence-electron chi connectivity index (χ3n) is 18.9. The van der Waals surface area contributed by atoms with E-state index in [1.807, 2.05) is 0 Å². The summed E-state index contributed by atoms with van der Waals surface area (Å²) in [5.74, 6) is -2.51. The fourth-order valence-electron chi connectivity index (χ4n) is 14.8. The monoisotopic (exact) mass is 942 g/mol. The molecule has 3 heterocycles. The standard InChI is InChI=1S/C47H74O19/c1-42(2)14-15-47(41(60)66-39-33(56)30(53)29(52)23(18-48)62-39)21(16-42)20-8-9-25-44(5)12-11-27(43(3,4)24(44)10-13-45(25,6)46(20,7)17-26(47)50)63-40-34(57)31(54)35(36(65-40)37(58)59)64-38-32(55)28(51)22(49)19-61-38/h8,21-36,38-40,48-57H,9-19H2,1-7H3,(H,58,59). The summed E-state index contributed by atoms with van der Waals surface area (Å²) in [6.07, 6.45) is -17.5. The average Bonchev–Trinajstić information content (AvgIpc) is 3.24. The van der Waals surface area contributed by atoms with Crippen molar-refractivity contribution in [1.29, 1.82) is 0 Å². The van der Waals surface area contributed by atoms with Crippen molar-refractivity contribution in [1.82, 2.24) is 0 Å². The molecule has 23 unspecified atom stereocenters. The molecule has 19 heteroatoms. The van der Waals surface area contributed by atoms with Gasteiger partial charge in [-0.2, -0.15) is 0 Å². The molecule has 0 aromatic carbocycles. The van der Waals surface area contributed by atoms with Crippen molar-refractivity contribution >= 4 is 11.9 Å². The van der Waals surface area contributed by atoms with Crippen molar-refractivity contribution in [2.75, 3.05) is 13.2 Å². The number of aliphatic carboxylic acids is 1. The van der Waals surface area contributed by atoms with Crippen LogP contribution in [0.2, 0.25) is 0 Å². The van der Waals surface area contributed by atoms with Crippen molar-refractivity contribution in [2.24, 2.45) is 50.2 Å². The lowest BCUT2D eigenvalue weighted by molar-refractivity contribution is -0.354. The Bertz CT molecular complexity index is 1860. The average molecular weight is 943 g/mol. The highest BCUT2D eigenvalue weighted by Crippen LogP contribution is 2.76. The molecule has 19 nitrogen and oxygen atoms in total. The van der Waals surface area contributed by atoms with Crippen LogP contribution in [0, 0.1) is 50.2 Å². The first-order valence-electron chi connectivity index (χ1n) is 23.8. The lowest BCUT2D eigenvalue weighted by Crippen LogP contribution is -2.68. The van der Waals surface area contributed by atoms with Gasteiger partial charge in [-0.1, -0.05) is 60.1 Å². The molecule has 0 aromatic rings. The van der Waals surface area contributed by atoms with Gasteiger partial charge in [0.25, 0.3) is 0 Å². The summed E-state index contributed by atoms with van der Waals surface area (Å²) in [5.41, 5.74) is -2.18. The number of carbonyl (C=O) groups is 2. The quantitative estimate of drug-likeness (QED) is 0.0856. The summed E-state index contributed by atoms with van der Waals surface area (Å²) >= 11 is 0. The molecule has 66 heavy (non-hydrogen) atoms.